The van der Waals surface area contributed by atoms with Gasteiger partial charge in [0.15, 0.2) is 6.10 Å². The van der Waals surface area contributed by atoms with Gasteiger partial charge in [-0.05, 0) is 13.0 Å². The van der Waals surface area contributed by atoms with Gasteiger partial charge in [0, 0.05) is 11.8 Å². The van der Waals surface area contributed by atoms with E-state index in [0.717, 1.165) is 0 Å². The second-order valence-electron chi connectivity index (χ2n) is 3.14. The molecule has 0 aliphatic rings. The van der Waals surface area contributed by atoms with Crippen molar-refractivity contribution in [1.82, 2.24) is 4.98 Å². The Morgan fingerprint density at radius 2 is 2.18 bits per heavy atom. The molecule has 2 unspecified atom stereocenters. The van der Waals surface area contributed by atoms with Crippen LogP contribution >= 0.6 is 23.2 Å². The molecule has 1 aromatic heterocycles. The lowest BCUT2D eigenvalue weighted by Crippen LogP contribution is -2.30. The molecule has 0 aromatic carbocycles. The number of aliphatic hydroxyl groups excluding tert-OH is 2. The summed E-state index contributed by atoms with van der Waals surface area (Å²) >= 11 is 11.5. The van der Waals surface area contributed by atoms with Crippen molar-refractivity contribution in [2.24, 2.45) is 0 Å². The van der Waals surface area contributed by atoms with Gasteiger partial charge in [0.25, 0.3) is 0 Å². The molecule has 0 saturated heterocycles. The number of aromatic nitrogens is 1. The number of hydrogen-bond acceptors (Lipinski definition) is 5. The summed E-state index contributed by atoms with van der Waals surface area (Å²) in [6.45, 7) is 1.68. The zero-order valence-corrected chi connectivity index (χ0v) is 10.4. The molecule has 7 heteroatoms. The van der Waals surface area contributed by atoms with Crippen LogP contribution < -0.4 is 0 Å². The topological polar surface area (TPSA) is 79.7 Å². The highest BCUT2D eigenvalue weighted by atomic mass is 35.5. The molecule has 1 rings (SSSR count). The van der Waals surface area contributed by atoms with E-state index < -0.39 is 18.2 Å². The number of carbonyl (C=O) groups is 1. The van der Waals surface area contributed by atoms with E-state index in [1.807, 2.05) is 0 Å². The minimum absolute atomic E-state index is 0.00335. The zero-order valence-electron chi connectivity index (χ0n) is 8.93. The molecule has 0 aliphatic heterocycles. The van der Waals surface area contributed by atoms with Crippen molar-refractivity contribution in [3.05, 3.63) is 28.0 Å². The van der Waals surface area contributed by atoms with Crippen molar-refractivity contribution < 1.29 is 19.7 Å². The van der Waals surface area contributed by atoms with E-state index in [2.05, 4.69) is 9.72 Å². The summed E-state index contributed by atoms with van der Waals surface area (Å²) in [4.78, 5) is 14.9. The number of halogens is 2. The lowest BCUT2D eigenvalue weighted by molar-refractivity contribution is -0.159. The summed E-state index contributed by atoms with van der Waals surface area (Å²) in [6.07, 6.45) is -1.99. The predicted octanol–water partition coefficient (Wildman–Crippen LogP) is 1.35. The molecular formula is C10H11Cl2NO4. The Morgan fingerprint density at radius 1 is 1.53 bits per heavy atom. The van der Waals surface area contributed by atoms with Gasteiger partial charge in [0.1, 0.15) is 11.3 Å². The van der Waals surface area contributed by atoms with Crippen LogP contribution in [-0.4, -0.2) is 33.9 Å². The summed E-state index contributed by atoms with van der Waals surface area (Å²) in [5.74, 6) is -0.948. The molecule has 0 fully saturated rings. The Hall–Kier alpha value is -0.880. The van der Waals surface area contributed by atoms with Gasteiger partial charge in [0.2, 0.25) is 0 Å². The number of pyridine rings is 1. The fraction of sp³-hybridized carbons (Fsp3) is 0.400. The van der Waals surface area contributed by atoms with Gasteiger partial charge in [-0.15, -0.1) is 0 Å². The number of hydrogen-bond donors (Lipinski definition) is 2. The minimum Gasteiger partial charge on any atom is -0.464 e. The molecule has 1 aromatic rings. The van der Waals surface area contributed by atoms with Crippen LogP contribution in [0.25, 0.3) is 0 Å². The van der Waals surface area contributed by atoms with Crippen molar-refractivity contribution in [1.29, 1.82) is 0 Å². The maximum Gasteiger partial charge on any atom is 0.338 e. The maximum absolute atomic E-state index is 11.2. The Labute approximate surface area is 108 Å². The van der Waals surface area contributed by atoms with E-state index in [-0.39, 0.29) is 22.3 Å². The fourth-order valence-electron chi connectivity index (χ4n) is 1.20. The van der Waals surface area contributed by atoms with Crippen LogP contribution in [0.2, 0.25) is 10.2 Å². The van der Waals surface area contributed by atoms with Crippen molar-refractivity contribution in [2.45, 2.75) is 19.1 Å². The first-order valence-corrected chi connectivity index (χ1v) is 5.57. The number of nitrogens with zero attached hydrogens (tertiary/aromatic N) is 1. The highest BCUT2D eigenvalue weighted by Gasteiger charge is 2.30. The van der Waals surface area contributed by atoms with Gasteiger partial charge in [-0.3, -0.25) is 0 Å². The molecule has 5 nitrogen and oxygen atoms in total. The van der Waals surface area contributed by atoms with Crippen LogP contribution in [0.15, 0.2) is 12.3 Å². The van der Waals surface area contributed by atoms with Gasteiger partial charge in [-0.2, -0.15) is 0 Å². The van der Waals surface area contributed by atoms with Crippen LogP contribution in [0.1, 0.15) is 18.6 Å². The van der Waals surface area contributed by atoms with Crippen molar-refractivity contribution >= 4 is 29.2 Å². The van der Waals surface area contributed by atoms with E-state index in [9.17, 15) is 15.0 Å². The Kier molecular flexibility index (Phi) is 5.14. The zero-order chi connectivity index (χ0) is 13.0. The third-order valence-corrected chi connectivity index (χ3v) is 2.64. The van der Waals surface area contributed by atoms with Crippen LogP contribution in [0.4, 0.5) is 0 Å². The van der Waals surface area contributed by atoms with E-state index in [1.165, 1.54) is 12.3 Å². The van der Waals surface area contributed by atoms with Crippen molar-refractivity contribution in [3.8, 4) is 0 Å². The van der Waals surface area contributed by atoms with E-state index in [0.29, 0.717) is 0 Å². The highest BCUT2D eigenvalue weighted by Crippen LogP contribution is 2.30. The lowest BCUT2D eigenvalue weighted by atomic mass is 10.1. The van der Waals surface area contributed by atoms with E-state index in [1.54, 1.807) is 6.92 Å². The molecule has 1 heterocycles. The summed E-state index contributed by atoms with van der Waals surface area (Å²) in [7, 11) is 0. The van der Waals surface area contributed by atoms with Crippen LogP contribution in [0, 0.1) is 0 Å². The van der Waals surface area contributed by atoms with Gasteiger partial charge < -0.3 is 14.9 Å². The van der Waals surface area contributed by atoms with E-state index in [4.69, 9.17) is 23.2 Å². The first kappa shape index (κ1) is 14.2. The molecule has 0 aliphatic carbocycles. The molecule has 2 N–H and O–H groups in total. The van der Waals surface area contributed by atoms with Gasteiger partial charge >= 0.3 is 5.97 Å². The molecule has 0 spiro atoms. The number of carbonyl (C=O) groups excluding carboxylic acids is 1. The molecule has 0 amide bonds. The summed E-state index contributed by atoms with van der Waals surface area (Å²) in [5.41, 5.74) is -0.00335. The minimum atomic E-state index is -1.76. The number of aliphatic hydroxyl groups is 2. The largest absolute Gasteiger partial charge is 0.464 e. The molecule has 0 saturated carbocycles. The summed E-state index contributed by atoms with van der Waals surface area (Å²) < 4.78 is 4.57. The summed E-state index contributed by atoms with van der Waals surface area (Å²) in [6, 6.07) is 1.39. The third-order valence-electron chi connectivity index (χ3n) is 2.01. The molecule has 94 valence electrons. The standard InChI is InChI=1S/C10H11Cl2NO4/c1-2-17-10(16)8(15)7(14)6-5(11)3-4-13-9(6)12/h3-4,7-8,14-15H,2H2,1H3. The normalized spacial score (nSPS) is 14.2. The predicted molar refractivity (Wildman–Crippen MR) is 61.9 cm³/mol. The van der Waals surface area contributed by atoms with Crippen LogP contribution in [-0.2, 0) is 9.53 Å². The Balaban J connectivity index is 2.96. The van der Waals surface area contributed by atoms with Gasteiger partial charge in [-0.1, -0.05) is 23.2 Å². The monoisotopic (exact) mass is 279 g/mol. The average Bonchev–Trinajstić information content (AvgIpc) is 2.27. The smallest absolute Gasteiger partial charge is 0.338 e. The first-order chi connectivity index (χ1) is 7.99. The van der Waals surface area contributed by atoms with E-state index >= 15 is 0 Å². The molecule has 0 bridgehead atoms. The average molecular weight is 280 g/mol. The quantitative estimate of drug-likeness (QED) is 0.642. The Bertz CT molecular complexity index is 393. The van der Waals surface area contributed by atoms with Gasteiger partial charge in [0.05, 0.1) is 11.6 Å². The molecular weight excluding hydrogens is 269 g/mol. The first-order valence-electron chi connectivity index (χ1n) is 4.81. The molecule has 2 atom stereocenters. The van der Waals surface area contributed by atoms with Crippen molar-refractivity contribution in [2.75, 3.05) is 6.61 Å². The fourth-order valence-corrected chi connectivity index (χ4v) is 1.78. The maximum atomic E-state index is 11.2. The Morgan fingerprint density at radius 3 is 2.71 bits per heavy atom. The number of ether oxygens (including phenoxy) is 1. The van der Waals surface area contributed by atoms with Gasteiger partial charge in [-0.25, -0.2) is 9.78 Å². The van der Waals surface area contributed by atoms with Crippen LogP contribution in [0.5, 0.6) is 0 Å². The second kappa shape index (κ2) is 6.16. The molecule has 0 radical (unpaired) electrons. The lowest BCUT2D eigenvalue weighted by Gasteiger charge is -2.18. The number of esters is 1. The second-order valence-corrected chi connectivity index (χ2v) is 3.90. The number of rotatable bonds is 4. The third kappa shape index (κ3) is 3.29. The highest BCUT2D eigenvalue weighted by molar-refractivity contribution is 6.35. The SMILES string of the molecule is CCOC(=O)C(O)C(O)c1c(Cl)ccnc1Cl. The van der Waals surface area contributed by atoms with Crippen molar-refractivity contribution in [3.63, 3.8) is 0 Å². The summed E-state index contributed by atoms with van der Waals surface area (Å²) in [5, 5.41) is 19.4. The van der Waals surface area contributed by atoms with Crippen LogP contribution in [0.3, 0.4) is 0 Å². The molecule has 17 heavy (non-hydrogen) atoms.